The molecule has 0 unspecified atom stereocenters. The molecule has 0 saturated heterocycles. The smallest absolute Gasteiger partial charge is 0.473 e. The molecule has 0 aromatic carbocycles. The average Bonchev–Trinajstić information content (AvgIpc) is 2.15. The fraction of sp³-hybridized carbons (Fsp3) is 0.400. The summed E-state index contributed by atoms with van der Waals surface area (Å²) in [6.07, 6.45) is -10.1. The molecule has 7 nitrogen and oxygen atoms in total. The molecule has 0 spiro atoms. The standard InChI is InChI=1S/C3F7.C2H2O4.BH3O3.Li/c4-1(5)2(6,7)3(8,9)10;3-1(4)2(5)6;2-1(3)4;/h;(H,3,4)(H,5,6);2-4H;/q-1;;;+1. The van der Waals surface area contributed by atoms with E-state index in [1.807, 2.05) is 0 Å². The van der Waals surface area contributed by atoms with Crippen molar-refractivity contribution in [2.45, 2.75) is 12.1 Å². The van der Waals surface area contributed by atoms with Gasteiger partial charge in [-0.05, 0) is 0 Å². The summed E-state index contributed by atoms with van der Waals surface area (Å²) in [6, 6.07) is 0. The van der Waals surface area contributed by atoms with Crippen LogP contribution in [-0.2, 0) is 9.59 Å². The van der Waals surface area contributed by atoms with Crippen LogP contribution in [0.2, 0.25) is 0 Å². The molecule has 0 fully saturated rings. The van der Waals surface area contributed by atoms with E-state index in [0.717, 1.165) is 0 Å². The number of alkyl halides is 5. The van der Waals surface area contributed by atoms with E-state index in [-0.39, 0.29) is 18.9 Å². The molecule has 120 valence electrons. The predicted molar refractivity (Wildman–Crippen MR) is 44.1 cm³/mol. The monoisotopic (exact) mass is 328 g/mol. The molecule has 0 aliphatic carbocycles. The SMILES string of the molecule is F[C-](F)C(F)(F)C(F)(F)F.O=C(O)C(=O)O.OB(O)O.[Li+]. The van der Waals surface area contributed by atoms with Crippen molar-refractivity contribution < 1.29 is 84.5 Å². The zero-order valence-corrected chi connectivity index (χ0v) is 9.78. The second-order valence-electron chi connectivity index (χ2n) is 2.29. The first-order valence-electron chi connectivity index (χ1n) is 3.70. The number of rotatable bonds is 1. The zero-order chi connectivity index (χ0) is 17.3. The van der Waals surface area contributed by atoms with E-state index in [2.05, 4.69) is 0 Å². The number of carbonyl (C=O) groups is 2. The van der Waals surface area contributed by atoms with Crippen molar-refractivity contribution in [3.63, 3.8) is 0 Å². The first-order chi connectivity index (χ1) is 8.57. The Morgan fingerprint density at radius 2 is 1.05 bits per heavy atom. The Hall–Kier alpha value is -1.01. The fourth-order valence-electron chi connectivity index (χ4n) is 0.107. The summed E-state index contributed by atoms with van der Waals surface area (Å²) in [4.78, 5) is 18.2. The summed E-state index contributed by atoms with van der Waals surface area (Å²) in [5.41, 5.74) is 0. The molecule has 0 saturated carbocycles. The van der Waals surface area contributed by atoms with E-state index in [4.69, 9.17) is 34.9 Å². The molecule has 0 aromatic heterocycles. The summed E-state index contributed by atoms with van der Waals surface area (Å²) >= 11 is 0. The summed E-state index contributed by atoms with van der Waals surface area (Å²) < 4.78 is 76.3. The Labute approximate surface area is 123 Å². The minimum absolute atomic E-state index is 0. The van der Waals surface area contributed by atoms with E-state index in [9.17, 15) is 30.7 Å². The van der Waals surface area contributed by atoms with Gasteiger partial charge in [-0.3, -0.25) is 0 Å². The van der Waals surface area contributed by atoms with Crippen molar-refractivity contribution in [3.05, 3.63) is 6.43 Å². The van der Waals surface area contributed by atoms with Crippen LogP contribution in [0.4, 0.5) is 30.7 Å². The van der Waals surface area contributed by atoms with Gasteiger partial charge in [-0.25, -0.2) is 18.4 Å². The average molecular weight is 328 g/mol. The third-order valence-corrected chi connectivity index (χ3v) is 0.776. The van der Waals surface area contributed by atoms with Crippen LogP contribution >= 0.6 is 0 Å². The van der Waals surface area contributed by atoms with Gasteiger partial charge in [0, 0.05) is 0 Å². The van der Waals surface area contributed by atoms with Crippen LogP contribution < -0.4 is 18.9 Å². The molecule has 0 rings (SSSR count). The van der Waals surface area contributed by atoms with Crippen LogP contribution in [0.15, 0.2) is 0 Å². The summed E-state index contributed by atoms with van der Waals surface area (Å²) in [5, 5.41) is 36.3. The summed E-state index contributed by atoms with van der Waals surface area (Å²) in [7, 11) is -2.17. The third-order valence-electron chi connectivity index (χ3n) is 0.776. The Kier molecular flexibility index (Phi) is 15.6. The summed E-state index contributed by atoms with van der Waals surface area (Å²) in [5.74, 6) is -9.63. The molecule has 0 aromatic rings. The van der Waals surface area contributed by atoms with Crippen LogP contribution in [0.25, 0.3) is 0 Å². The van der Waals surface area contributed by atoms with Crippen LogP contribution in [0.3, 0.4) is 0 Å². The molecule has 21 heavy (non-hydrogen) atoms. The van der Waals surface area contributed by atoms with Gasteiger partial charge < -0.3 is 34.1 Å². The van der Waals surface area contributed by atoms with E-state index < -0.39 is 37.8 Å². The van der Waals surface area contributed by atoms with Gasteiger partial charge in [-0.15, -0.1) is 0 Å². The largest absolute Gasteiger partial charge is 1.00 e. The molecule has 5 N–H and O–H groups in total. The van der Waals surface area contributed by atoms with E-state index in [1.165, 1.54) is 0 Å². The Morgan fingerprint density at radius 3 is 1.05 bits per heavy atom. The second kappa shape index (κ2) is 11.6. The van der Waals surface area contributed by atoms with Crippen molar-refractivity contribution >= 4 is 19.3 Å². The van der Waals surface area contributed by atoms with Crippen molar-refractivity contribution in [2.75, 3.05) is 0 Å². The van der Waals surface area contributed by atoms with Gasteiger partial charge in [0.15, 0.2) is 0 Å². The van der Waals surface area contributed by atoms with Crippen molar-refractivity contribution in [1.29, 1.82) is 0 Å². The fourth-order valence-corrected chi connectivity index (χ4v) is 0.107. The maximum Gasteiger partial charge on any atom is 1.00 e. The normalized spacial score (nSPS) is 10.2. The van der Waals surface area contributed by atoms with Gasteiger partial charge in [0.25, 0.3) is 5.92 Å². The number of halogens is 7. The van der Waals surface area contributed by atoms with E-state index in [1.54, 1.807) is 0 Å². The maximum absolute atomic E-state index is 11.1. The summed E-state index contributed by atoms with van der Waals surface area (Å²) in [6.45, 7) is 0. The number of hydrogen-bond acceptors (Lipinski definition) is 5. The maximum atomic E-state index is 11.1. The van der Waals surface area contributed by atoms with Gasteiger partial charge in [0.2, 0.25) is 0 Å². The molecule has 0 heterocycles. The van der Waals surface area contributed by atoms with Crippen molar-refractivity contribution in [2.24, 2.45) is 0 Å². The van der Waals surface area contributed by atoms with E-state index >= 15 is 0 Å². The quantitative estimate of drug-likeness (QED) is 0.147. The van der Waals surface area contributed by atoms with Gasteiger partial charge in [0.1, 0.15) is 0 Å². The first kappa shape index (κ1) is 28.2. The van der Waals surface area contributed by atoms with Crippen LogP contribution in [-0.4, -0.2) is 56.6 Å². The number of aliphatic carboxylic acids is 2. The van der Waals surface area contributed by atoms with Gasteiger partial charge in [0.05, 0.1) is 6.43 Å². The van der Waals surface area contributed by atoms with Gasteiger partial charge >= 0.3 is 44.3 Å². The van der Waals surface area contributed by atoms with E-state index in [0.29, 0.717) is 0 Å². The Bertz CT molecular complexity index is 295. The predicted octanol–water partition coefficient (Wildman–Crippen LogP) is -3.28. The molecule has 0 atom stereocenters. The second-order valence-corrected chi connectivity index (χ2v) is 2.29. The number of hydrogen-bond donors (Lipinski definition) is 5. The molecule has 0 bridgehead atoms. The molecule has 0 radical (unpaired) electrons. The minimum Gasteiger partial charge on any atom is -0.473 e. The van der Waals surface area contributed by atoms with Crippen molar-refractivity contribution in [3.8, 4) is 0 Å². The molecular formula is C5H5BF7LiO7. The number of carboxylic acids is 2. The Balaban J connectivity index is -0.000000113. The topological polar surface area (TPSA) is 135 Å². The molecular weight excluding hydrogens is 323 g/mol. The van der Waals surface area contributed by atoms with Crippen LogP contribution in [0.5, 0.6) is 0 Å². The molecule has 16 heteroatoms. The van der Waals surface area contributed by atoms with Crippen molar-refractivity contribution in [1.82, 2.24) is 0 Å². The third kappa shape index (κ3) is 16.9. The molecule has 0 aliphatic rings. The van der Waals surface area contributed by atoms with Crippen LogP contribution in [0, 0.1) is 6.43 Å². The number of carboxylic acid groups (broad SMARTS) is 2. The molecule has 0 amide bonds. The first-order valence-corrected chi connectivity index (χ1v) is 3.70. The zero-order valence-electron chi connectivity index (χ0n) is 9.78. The van der Waals surface area contributed by atoms with Gasteiger partial charge in [-0.2, -0.15) is 13.2 Å². The molecule has 0 aliphatic heterocycles. The van der Waals surface area contributed by atoms with Gasteiger partial charge in [-0.1, -0.05) is 0 Å². The van der Waals surface area contributed by atoms with Crippen LogP contribution in [0.1, 0.15) is 0 Å². The minimum atomic E-state index is -6.20. The Morgan fingerprint density at radius 1 is 0.857 bits per heavy atom.